The average Bonchev–Trinajstić information content (AvgIpc) is 2.68. The summed E-state index contributed by atoms with van der Waals surface area (Å²) in [5.41, 5.74) is 0. The van der Waals surface area contributed by atoms with Crippen molar-refractivity contribution in [2.45, 2.75) is 25.6 Å². The van der Waals surface area contributed by atoms with Crippen molar-refractivity contribution in [1.82, 2.24) is 14.5 Å². The molecule has 0 aliphatic carbocycles. The van der Waals surface area contributed by atoms with Crippen LogP contribution in [0.4, 0.5) is 0 Å². The van der Waals surface area contributed by atoms with E-state index in [1.54, 1.807) is 0 Å². The van der Waals surface area contributed by atoms with Crippen LogP contribution in [0.1, 0.15) is 12.7 Å². The first-order valence-electron chi connectivity index (χ1n) is 5.63. The molecule has 2 heterocycles. The van der Waals surface area contributed by atoms with Crippen LogP contribution in [0, 0.1) is 0 Å². The number of nitrogens with zero attached hydrogens (tertiary/aromatic N) is 3. The average molecular weight is 225 g/mol. The maximum atomic E-state index is 9.10. The van der Waals surface area contributed by atoms with E-state index in [-0.39, 0.29) is 12.7 Å². The van der Waals surface area contributed by atoms with E-state index in [0.29, 0.717) is 12.6 Å². The molecule has 0 saturated carbocycles. The molecular formula is C11H19N3O2. The monoisotopic (exact) mass is 225 g/mol. The van der Waals surface area contributed by atoms with Crippen LogP contribution in [0.3, 0.4) is 0 Å². The Morgan fingerprint density at radius 3 is 3.06 bits per heavy atom. The van der Waals surface area contributed by atoms with Gasteiger partial charge in [0.05, 0.1) is 25.9 Å². The topological polar surface area (TPSA) is 50.5 Å². The number of aromatic nitrogens is 2. The standard InChI is InChI=1S/C11H19N3O2/c1-9-8-16-10(7-15)5-14(9)6-11-12-3-4-13(11)2/h3-4,9-10,15H,5-8H2,1-2H3. The molecule has 0 spiro atoms. The number of aliphatic hydroxyl groups is 1. The van der Waals surface area contributed by atoms with Crippen LogP contribution in [0.2, 0.25) is 0 Å². The maximum Gasteiger partial charge on any atom is 0.122 e. The number of imidazole rings is 1. The van der Waals surface area contributed by atoms with Gasteiger partial charge in [0.15, 0.2) is 0 Å². The largest absolute Gasteiger partial charge is 0.394 e. The van der Waals surface area contributed by atoms with Crippen LogP contribution >= 0.6 is 0 Å². The van der Waals surface area contributed by atoms with Crippen molar-refractivity contribution in [2.24, 2.45) is 7.05 Å². The number of rotatable bonds is 3. The van der Waals surface area contributed by atoms with Gasteiger partial charge in [0, 0.05) is 32.0 Å². The Bertz CT molecular complexity index is 340. The highest BCUT2D eigenvalue weighted by molar-refractivity contribution is 4.92. The molecule has 1 aliphatic rings. The lowest BCUT2D eigenvalue weighted by Gasteiger charge is -2.37. The molecule has 2 unspecified atom stereocenters. The fraction of sp³-hybridized carbons (Fsp3) is 0.727. The lowest BCUT2D eigenvalue weighted by Crippen LogP contribution is -2.49. The molecule has 1 saturated heterocycles. The SMILES string of the molecule is CC1COC(CO)CN1Cc1nccn1C. The van der Waals surface area contributed by atoms with E-state index < -0.39 is 0 Å². The predicted octanol–water partition coefficient (Wildman–Crippen LogP) is 0.00170. The summed E-state index contributed by atoms with van der Waals surface area (Å²) in [6.07, 6.45) is 3.70. The molecule has 5 heteroatoms. The minimum atomic E-state index is -0.0588. The summed E-state index contributed by atoms with van der Waals surface area (Å²) in [7, 11) is 2.00. The van der Waals surface area contributed by atoms with E-state index in [9.17, 15) is 0 Å². The normalized spacial score (nSPS) is 27.2. The third kappa shape index (κ3) is 2.42. The van der Waals surface area contributed by atoms with Gasteiger partial charge >= 0.3 is 0 Å². The van der Waals surface area contributed by atoms with Crippen molar-refractivity contribution in [3.63, 3.8) is 0 Å². The summed E-state index contributed by atoms with van der Waals surface area (Å²) in [4.78, 5) is 6.61. The fourth-order valence-corrected chi connectivity index (χ4v) is 1.94. The highest BCUT2D eigenvalue weighted by Crippen LogP contribution is 2.14. The van der Waals surface area contributed by atoms with Crippen LogP contribution in [-0.2, 0) is 18.3 Å². The Kier molecular flexibility index (Phi) is 3.58. The Hall–Kier alpha value is -0.910. The van der Waals surface area contributed by atoms with Gasteiger partial charge in [0.1, 0.15) is 5.82 Å². The van der Waals surface area contributed by atoms with Crippen LogP contribution in [0.25, 0.3) is 0 Å². The number of hydrogen-bond donors (Lipinski definition) is 1. The van der Waals surface area contributed by atoms with Gasteiger partial charge in [-0.3, -0.25) is 4.90 Å². The molecular weight excluding hydrogens is 206 g/mol. The van der Waals surface area contributed by atoms with Crippen molar-refractivity contribution >= 4 is 0 Å². The highest BCUT2D eigenvalue weighted by atomic mass is 16.5. The lowest BCUT2D eigenvalue weighted by molar-refractivity contribution is -0.0813. The van der Waals surface area contributed by atoms with Crippen LogP contribution in [0.5, 0.6) is 0 Å². The highest BCUT2D eigenvalue weighted by Gasteiger charge is 2.26. The third-order valence-corrected chi connectivity index (χ3v) is 3.10. The molecule has 0 bridgehead atoms. The zero-order valence-corrected chi connectivity index (χ0v) is 9.83. The summed E-state index contributed by atoms with van der Waals surface area (Å²) in [5.74, 6) is 1.05. The van der Waals surface area contributed by atoms with Crippen molar-refractivity contribution in [1.29, 1.82) is 0 Å². The molecule has 90 valence electrons. The first kappa shape index (κ1) is 11.6. The van der Waals surface area contributed by atoms with Gasteiger partial charge in [-0.05, 0) is 6.92 Å². The van der Waals surface area contributed by atoms with Gasteiger partial charge in [-0.25, -0.2) is 4.98 Å². The molecule has 2 atom stereocenters. The second-order valence-electron chi connectivity index (χ2n) is 4.37. The first-order valence-corrected chi connectivity index (χ1v) is 5.63. The van der Waals surface area contributed by atoms with Gasteiger partial charge in [-0.2, -0.15) is 0 Å². The van der Waals surface area contributed by atoms with Crippen molar-refractivity contribution in [3.05, 3.63) is 18.2 Å². The number of hydrogen-bond acceptors (Lipinski definition) is 4. The Balaban J connectivity index is 1.99. The van der Waals surface area contributed by atoms with Gasteiger partial charge in [0.2, 0.25) is 0 Å². The molecule has 1 aromatic heterocycles. The maximum absolute atomic E-state index is 9.10. The van der Waals surface area contributed by atoms with Crippen molar-refractivity contribution in [3.8, 4) is 0 Å². The predicted molar refractivity (Wildman–Crippen MR) is 59.9 cm³/mol. The number of aryl methyl sites for hydroxylation is 1. The minimum absolute atomic E-state index is 0.0588. The van der Waals surface area contributed by atoms with E-state index in [1.165, 1.54) is 0 Å². The van der Waals surface area contributed by atoms with Crippen LogP contribution in [-0.4, -0.2) is 51.5 Å². The summed E-state index contributed by atoms with van der Waals surface area (Å²) in [5, 5.41) is 9.10. The lowest BCUT2D eigenvalue weighted by atomic mass is 10.2. The summed E-state index contributed by atoms with van der Waals surface area (Å²) in [6.45, 7) is 4.48. The summed E-state index contributed by atoms with van der Waals surface area (Å²) >= 11 is 0. The van der Waals surface area contributed by atoms with Gasteiger partial charge in [-0.1, -0.05) is 0 Å². The zero-order valence-electron chi connectivity index (χ0n) is 9.83. The molecule has 0 amide bonds. The molecule has 1 fully saturated rings. The second kappa shape index (κ2) is 4.95. The number of ether oxygens (including phenoxy) is 1. The van der Waals surface area contributed by atoms with Gasteiger partial charge < -0.3 is 14.4 Å². The molecule has 1 aromatic rings. The molecule has 0 aromatic carbocycles. The van der Waals surface area contributed by atoms with Gasteiger partial charge in [-0.15, -0.1) is 0 Å². The quantitative estimate of drug-likeness (QED) is 0.787. The Morgan fingerprint density at radius 1 is 1.62 bits per heavy atom. The number of morpholine rings is 1. The molecule has 2 rings (SSSR count). The molecule has 1 N–H and O–H groups in total. The van der Waals surface area contributed by atoms with E-state index in [1.807, 2.05) is 24.0 Å². The fourth-order valence-electron chi connectivity index (χ4n) is 1.94. The molecule has 1 aliphatic heterocycles. The number of aliphatic hydroxyl groups excluding tert-OH is 1. The van der Waals surface area contributed by atoms with E-state index >= 15 is 0 Å². The molecule has 0 radical (unpaired) electrons. The molecule has 5 nitrogen and oxygen atoms in total. The zero-order chi connectivity index (χ0) is 11.5. The van der Waals surface area contributed by atoms with E-state index in [0.717, 1.165) is 18.9 Å². The summed E-state index contributed by atoms with van der Waals surface area (Å²) in [6, 6.07) is 0.375. The van der Waals surface area contributed by atoms with Gasteiger partial charge in [0.25, 0.3) is 0 Å². The minimum Gasteiger partial charge on any atom is -0.394 e. The van der Waals surface area contributed by atoms with Crippen molar-refractivity contribution < 1.29 is 9.84 Å². The third-order valence-electron chi connectivity index (χ3n) is 3.10. The van der Waals surface area contributed by atoms with Crippen LogP contribution < -0.4 is 0 Å². The second-order valence-corrected chi connectivity index (χ2v) is 4.37. The van der Waals surface area contributed by atoms with E-state index in [4.69, 9.17) is 9.84 Å². The van der Waals surface area contributed by atoms with Crippen LogP contribution in [0.15, 0.2) is 12.4 Å². The smallest absolute Gasteiger partial charge is 0.122 e. The first-order chi connectivity index (χ1) is 7.70. The Labute approximate surface area is 95.7 Å². The Morgan fingerprint density at radius 2 is 2.44 bits per heavy atom. The summed E-state index contributed by atoms with van der Waals surface area (Å²) < 4.78 is 7.52. The molecule has 16 heavy (non-hydrogen) atoms. The van der Waals surface area contributed by atoms with E-state index in [2.05, 4.69) is 16.8 Å². The van der Waals surface area contributed by atoms with Crippen molar-refractivity contribution in [2.75, 3.05) is 19.8 Å².